The summed E-state index contributed by atoms with van der Waals surface area (Å²) in [5.74, 6) is 0.839. The van der Waals surface area contributed by atoms with Gasteiger partial charge in [-0.25, -0.2) is 0 Å². The summed E-state index contributed by atoms with van der Waals surface area (Å²) >= 11 is 0. The summed E-state index contributed by atoms with van der Waals surface area (Å²) in [6, 6.07) is 13.0. The fourth-order valence-electron chi connectivity index (χ4n) is 2.89. The van der Waals surface area contributed by atoms with Crippen molar-refractivity contribution in [1.82, 2.24) is 20.4 Å². The van der Waals surface area contributed by atoms with Crippen LogP contribution in [0.15, 0.2) is 47.6 Å². The molecule has 122 valence electrons. The number of nitrogens with one attached hydrogen (secondary N) is 2. The molecule has 6 heteroatoms. The summed E-state index contributed by atoms with van der Waals surface area (Å²) in [5, 5.41) is 11.0. The van der Waals surface area contributed by atoms with E-state index >= 15 is 0 Å². The second kappa shape index (κ2) is 7.17. The molecule has 1 unspecified atom stereocenters. The summed E-state index contributed by atoms with van der Waals surface area (Å²) < 4.78 is 1.87. The number of benzene rings is 1. The highest BCUT2D eigenvalue weighted by Crippen LogP contribution is 2.19. The Balaban J connectivity index is 1.51. The Morgan fingerprint density at radius 2 is 2.13 bits per heavy atom. The molecule has 0 saturated carbocycles. The van der Waals surface area contributed by atoms with Crippen molar-refractivity contribution in [2.24, 2.45) is 12.0 Å². The SMILES string of the molecule is CN=C(NCc1ccnn1C)NC1CCN(c2ccccc2)C1. The zero-order valence-electron chi connectivity index (χ0n) is 13.7. The molecule has 1 aliphatic rings. The van der Waals surface area contributed by atoms with Gasteiger partial charge in [0.2, 0.25) is 0 Å². The van der Waals surface area contributed by atoms with Gasteiger partial charge in [-0.1, -0.05) is 18.2 Å². The van der Waals surface area contributed by atoms with Crippen molar-refractivity contribution in [3.05, 3.63) is 48.3 Å². The minimum atomic E-state index is 0.410. The zero-order chi connectivity index (χ0) is 16.1. The monoisotopic (exact) mass is 312 g/mol. The first-order valence-electron chi connectivity index (χ1n) is 8.00. The number of hydrogen-bond acceptors (Lipinski definition) is 3. The Bertz CT molecular complexity index is 648. The molecule has 0 aliphatic carbocycles. The van der Waals surface area contributed by atoms with Crippen molar-refractivity contribution in [2.75, 3.05) is 25.0 Å². The van der Waals surface area contributed by atoms with E-state index in [9.17, 15) is 0 Å². The lowest BCUT2D eigenvalue weighted by Gasteiger charge is -2.20. The molecule has 23 heavy (non-hydrogen) atoms. The van der Waals surface area contributed by atoms with Crippen LogP contribution in [0.3, 0.4) is 0 Å². The predicted octanol–water partition coefficient (Wildman–Crippen LogP) is 1.36. The number of nitrogens with zero attached hydrogens (tertiary/aromatic N) is 4. The number of hydrogen-bond donors (Lipinski definition) is 2. The minimum Gasteiger partial charge on any atom is -0.369 e. The summed E-state index contributed by atoms with van der Waals surface area (Å²) in [5.41, 5.74) is 2.42. The molecule has 2 heterocycles. The van der Waals surface area contributed by atoms with E-state index in [0.717, 1.165) is 31.2 Å². The quantitative estimate of drug-likeness (QED) is 0.661. The van der Waals surface area contributed by atoms with Gasteiger partial charge in [0.1, 0.15) is 0 Å². The molecular formula is C17H24N6. The fourth-order valence-corrected chi connectivity index (χ4v) is 2.89. The normalized spacial score (nSPS) is 18.3. The highest BCUT2D eigenvalue weighted by atomic mass is 15.3. The van der Waals surface area contributed by atoms with Gasteiger partial charge < -0.3 is 15.5 Å². The number of rotatable bonds is 4. The average Bonchev–Trinajstić information content (AvgIpc) is 3.21. The molecule has 2 N–H and O–H groups in total. The lowest BCUT2D eigenvalue weighted by Crippen LogP contribution is -2.44. The summed E-state index contributed by atoms with van der Waals surface area (Å²) in [7, 11) is 3.75. The molecule has 2 aromatic rings. The van der Waals surface area contributed by atoms with Gasteiger partial charge in [-0.2, -0.15) is 5.10 Å². The van der Waals surface area contributed by atoms with Gasteiger partial charge in [0.15, 0.2) is 5.96 Å². The number of anilines is 1. The average molecular weight is 312 g/mol. The number of guanidine groups is 1. The third-order valence-electron chi connectivity index (χ3n) is 4.23. The largest absolute Gasteiger partial charge is 0.369 e. The van der Waals surface area contributed by atoms with Crippen molar-refractivity contribution in [3.63, 3.8) is 0 Å². The van der Waals surface area contributed by atoms with Crippen LogP contribution < -0.4 is 15.5 Å². The third kappa shape index (κ3) is 3.83. The zero-order valence-corrected chi connectivity index (χ0v) is 13.7. The Hall–Kier alpha value is -2.50. The third-order valence-corrected chi connectivity index (χ3v) is 4.23. The molecule has 1 aromatic heterocycles. The van der Waals surface area contributed by atoms with Crippen LogP contribution in [0.1, 0.15) is 12.1 Å². The van der Waals surface area contributed by atoms with E-state index < -0.39 is 0 Å². The molecule has 1 fully saturated rings. The van der Waals surface area contributed by atoms with Crippen molar-refractivity contribution < 1.29 is 0 Å². The number of aliphatic imine (C=N–C) groups is 1. The van der Waals surface area contributed by atoms with Gasteiger partial charge in [0, 0.05) is 45.1 Å². The Morgan fingerprint density at radius 1 is 1.30 bits per heavy atom. The van der Waals surface area contributed by atoms with Crippen LogP contribution in [-0.4, -0.2) is 41.9 Å². The van der Waals surface area contributed by atoms with Gasteiger partial charge in [0.25, 0.3) is 0 Å². The first kappa shape index (κ1) is 15.4. The van der Waals surface area contributed by atoms with Crippen LogP contribution >= 0.6 is 0 Å². The van der Waals surface area contributed by atoms with Crippen LogP contribution in [0.2, 0.25) is 0 Å². The van der Waals surface area contributed by atoms with Gasteiger partial charge in [-0.05, 0) is 24.6 Å². The van der Waals surface area contributed by atoms with E-state index in [1.807, 2.05) is 31.0 Å². The molecule has 0 radical (unpaired) electrons. The molecule has 0 spiro atoms. The number of para-hydroxylation sites is 1. The van der Waals surface area contributed by atoms with Gasteiger partial charge >= 0.3 is 0 Å². The van der Waals surface area contributed by atoms with E-state index in [1.165, 1.54) is 5.69 Å². The molecule has 1 saturated heterocycles. The van der Waals surface area contributed by atoms with E-state index in [4.69, 9.17) is 0 Å². The topological polar surface area (TPSA) is 57.5 Å². The van der Waals surface area contributed by atoms with Crippen LogP contribution in [0.4, 0.5) is 5.69 Å². The minimum absolute atomic E-state index is 0.410. The van der Waals surface area contributed by atoms with Crippen LogP contribution in [0, 0.1) is 0 Å². The van der Waals surface area contributed by atoms with Crippen molar-refractivity contribution in [3.8, 4) is 0 Å². The molecule has 1 aliphatic heterocycles. The van der Waals surface area contributed by atoms with Gasteiger partial charge in [-0.3, -0.25) is 9.67 Å². The van der Waals surface area contributed by atoms with E-state index in [0.29, 0.717) is 12.6 Å². The van der Waals surface area contributed by atoms with E-state index in [1.54, 1.807) is 0 Å². The molecule has 1 aromatic carbocycles. The van der Waals surface area contributed by atoms with Crippen LogP contribution in [0.5, 0.6) is 0 Å². The molecule has 0 bridgehead atoms. The smallest absolute Gasteiger partial charge is 0.191 e. The number of aromatic nitrogens is 2. The van der Waals surface area contributed by atoms with Gasteiger partial charge in [0.05, 0.1) is 12.2 Å². The Kier molecular flexibility index (Phi) is 4.80. The highest BCUT2D eigenvalue weighted by molar-refractivity contribution is 5.80. The lowest BCUT2D eigenvalue weighted by atomic mass is 10.3. The Morgan fingerprint density at radius 3 is 2.83 bits per heavy atom. The molecule has 6 nitrogen and oxygen atoms in total. The standard InChI is InChI=1S/C17H24N6/c1-18-17(19-12-16-8-10-20-22(16)2)21-14-9-11-23(13-14)15-6-4-3-5-7-15/h3-8,10,14H,9,11-13H2,1-2H3,(H2,18,19,21). The maximum absolute atomic E-state index is 4.32. The lowest BCUT2D eigenvalue weighted by molar-refractivity contribution is 0.637. The molecule has 0 amide bonds. The van der Waals surface area contributed by atoms with Crippen molar-refractivity contribution in [2.45, 2.75) is 19.0 Å². The van der Waals surface area contributed by atoms with Crippen molar-refractivity contribution >= 4 is 11.6 Å². The van der Waals surface area contributed by atoms with Crippen LogP contribution in [-0.2, 0) is 13.6 Å². The molecular weight excluding hydrogens is 288 g/mol. The second-order valence-electron chi connectivity index (χ2n) is 5.78. The summed E-state index contributed by atoms with van der Waals surface area (Å²) in [4.78, 5) is 6.73. The molecule has 3 rings (SSSR count). The Labute approximate surface area is 137 Å². The fraction of sp³-hybridized carbons (Fsp3) is 0.412. The maximum Gasteiger partial charge on any atom is 0.191 e. The first-order chi connectivity index (χ1) is 11.3. The van der Waals surface area contributed by atoms with E-state index in [2.05, 4.69) is 56.0 Å². The van der Waals surface area contributed by atoms with Crippen LogP contribution in [0.25, 0.3) is 0 Å². The highest BCUT2D eigenvalue weighted by Gasteiger charge is 2.23. The predicted molar refractivity (Wildman–Crippen MR) is 93.6 cm³/mol. The summed E-state index contributed by atoms with van der Waals surface area (Å²) in [6.45, 7) is 2.78. The van der Waals surface area contributed by atoms with Gasteiger partial charge in [-0.15, -0.1) is 0 Å². The first-order valence-corrected chi connectivity index (χ1v) is 8.00. The maximum atomic E-state index is 4.32. The van der Waals surface area contributed by atoms with E-state index in [-0.39, 0.29) is 0 Å². The second-order valence-corrected chi connectivity index (χ2v) is 5.78. The summed E-state index contributed by atoms with van der Waals surface area (Å²) in [6.07, 6.45) is 2.92. The van der Waals surface area contributed by atoms with Crippen molar-refractivity contribution in [1.29, 1.82) is 0 Å². The number of aryl methyl sites for hydroxylation is 1. The molecule has 1 atom stereocenters.